The van der Waals surface area contributed by atoms with Gasteiger partial charge in [-0.2, -0.15) is 0 Å². The molecule has 2 N–H and O–H groups in total. The Hall–Kier alpha value is -3.01. The fourth-order valence-electron chi connectivity index (χ4n) is 1.84. The number of benzene rings is 2. The van der Waals surface area contributed by atoms with Crippen molar-refractivity contribution < 1.29 is 19.7 Å². The topological polar surface area (TPSA) is 66.8 Å². The van der Waals surface area contributed by atoms with Gasteiger partial charge in [-0.25, -0.2) is 0 Å². The first kappa shape index (κ1) is 15.4. The molecule has 2 rings (SSSR count). The van der Waals surface area contributed by atoms with E-state index in [-0.39, 0.29) is 22.9 Å². The summed E-state index contributed by atoms with van der Waals surface area (Å²) in [5.41, 5.74) is 1.05. The Balaban J connectivity index is 2.09. The molecule has 4 nitrogen and oxygen atoms in total. The fraction of sp³-hybridized carbons (Fsp3) is 0.0556. The van der Waals surface area contributed by atoms with Gasteiger partial charge < -0.3 is 14.9 Å². The monoisotopic (exact) mass is 296 g/mol. The van der Waals surface area contributed by atoms with Crippen LogP contribution >= 0.6 is 0 Å². The molecule has 0 aromatic heterocycles. The molecule has 0 atom stereocenters. The summed E-state index contributed by atoms with van der Waals surface area (Å²) in [6, 6.07) is 13.5. The normalized spacial score (nSPS) is 11.6. The number of phenols is 1. The van der Waals surface area contributed by atoms with Crippen LogP contribution < -0.4 is 4.74 Å². The zero-order valence-electron chi connectivity index (χ0n) is 12.1. The Morgan fingerprint density at radius 2 is 1.77 bits per heavy atom. The van der Waals surface area contributed by atoms with Crippen LogP contribution in [0.3, 0.4) is 0 Å². The van der Waals surface area contributed by atoms with Gasteiger partial charge in [-0.15, -0.1) is 0 Å². The van der Waals surface area contributed by atoms with Gasteiger partial charge in [-0.1, -0.05) is 30.3 Å². The number of allylic oxidation sites excluding steroid dienone is 2. The second-order valence-corrected chi connectivity index (χ2v) is 4.56. The number of phenolic OH excluding ortho intramolecular Hbond substituents is 1. The molecule has 0 radical (unpaired) electrons. The number of hydrogen-bond donors (Lipinski definition) is 2. The fourth-order valence-corrected chi connectivity index (χ4v) is 1.84. The van der Waals surface area contributed by atoms with Gasteiger partial charge in [0.15, 0.2) is 5.78 Å². The molecule has 0 fully saturated rings. The van der Waals surface area contributed by atoms with Gasteiger partial charge in [0, 0.05) is 6.08 Å². The van der Waals surface area contributed by atoms with E-state index in [4.69, 9.17) is 4.74 Å². The molecule has 0 spiro atoms. The van der Waals surface area contributed by atoms with Crippen LogP contribution in [-0.4, -0.2) is 23.1 Å². The number of rotatable bonds is 5. The average Bonchev–Trinajstić information content (AvgIpc) is 2.53. The maximum atomic E-state index is 11.8. The number of carbonyl (C=O) groups is 1. The van der Waals surface area contributed by atoms with E-state index in [2.05, 4.69) is 0 Å². The van der Waals surface area contributed by atoms with E-state index in [1.165, 1.54) is 18.2 Å². The zero-order valence-corrected chi connectivity index (χ0v) is 12.1. The van der Waals surface area contributed by atoms with Crippen molar-refractivity contribution in [3.63, 3.8) is 0 Å². The SMILES string of the molecule is COc1ccc(C=CC(=O)/C=C(\O)c2ccccc2O)cc1. The van der Waals surface area contributed by atoms with Crippen LogP contribution in [0, 0.1) is 0 Å². The van der Waals surface area contributed by atoms with E-state index in [9.17, 15) is 15.0 Å². The number of aromatic hydroxyl groups is 1. The van der Waals surface area contributed by atoms with Gasteiger partial charge in [-0.05, 0) is 35.9 Å². The zero-order chi connectivity index (χ0) is 15.9. The van der Waals surface area contributed by atoms with Gasteiger partial charge in [0.1, 0.15) is 17.3 Å². The molecule has 2 aromatic rings. The van der Waals surface area contributed by atoms with Crippen LogP contribution in [-0.2, 0) is 4.79 Å². The number of para-hydroxylation sites is 1. The van der Waals surface area contributed by atoms with Gasteiger partial charge in [0.2, 0.25) is 0 Å². The number of methoxy groups -OCH3 is 1. The molecule has 0 aliphatic carbocycles. The van der Waals surface area contributed by atoms with Crippen molar-refractivity contribution in [2.75, 3.05) is 7.11 Å². The highest BCUT2D eigenvalue weighted by atomic mass is 16.5. The summed E-state index contributed by atoms with van der Waals surface area (Å²) in [7, 11) is 1.58. The van der Waals surface area contributed by atoms with Crippen molar-refractivity contribution in [2.24, 2.45) is 0 Å². The lowest BCUT2D eigenvalue weighted by Gasteiger charge is -2.02. The third-order valence-electron chi connectivity index (χ3n) is 3.01. The lowest BCUT2D eigenvalue weighted by atomic mass is 10.1. The number of hydrogen-bond acceptors (Lipinski definition) is 4. The standard InChI is InChI=1S/C18H16O4/c1-22-15-10-7-13(8-11-15)6-9-14(19)12-18(21)16-4-2-3-5-17(16)20/h2-12,20-21H,1H3/b9-6?,18-12-. The molecule has 22 heavy (non-hydrogen) atoms. The van der Waals surface area contributed by atoms with Gasteiger partial charge in [-0.3, -0.25) is 4.79 Å². The molecule has 0 unspecified atom stereocenters. The van der Waals surface area contributed by atoms with Gasteiger partial charge in [0.05, 0.1) is 12.7 Å². The quantitative estimate of drug-likeness (QED) is 0.653. The predicted octanol–water partition coefficient (Wildman–Crippen LogP) is 3.58. The van der Waals surface area contributed by atoms with Crippen LogP contribution in [0.4, 0.5) is 0 Å². The third-order valence-corrected chi connectivity index (χ3v) is 3.01. The summed E-state index contributed by atoms with van der Waals surface area (Å²) in [4.78, 5) is 11.8. The van der Waals surface area contributed by atoms with E-state index in [1.807, 2.05) is 12.1 Å². The summed E-state index contributed by atoms with van der Waals surface area (Å²) >= 11 is 0. The Labute approximate surface area is 128 Å². The van der Waals surface area contributed by atoms with Gasteiger partial charge in [0.25, 0.3) is 0 Å². The average molecular weight is 296 g/mol. The predicted molar refractivity (Wildman–Crippen MR) is 85.7 cm³/mol. The molecule has 4 heteroatoms. The minimum absolute atomic E-state index is 0.0804. The van der Waals surface area contributed by atoms with E-state index in [0.29, 0.717) is 0 Å². The highest BCUT2D eigenvalue weighted by Gasteiger charge is 2.05. The maximum absolute atomic E-state index is 11.8. The second kappa shape index (κ2) is 7.13. The molecule has 0 aliphatic heterocycles. The van der Waals surface area contributed by atoms with Crippen molar-refractivity contribution in [2.45, 2.75) is 0 Å². The highest BCUT2D eigenvalue weighted by Crippen LogP contribution is 2.22. The Morgan fingerprint density at radius 3 is 2.41 bits per heavy atom. The van der Waals surface area contributed by atoms with Crippen LogP contribution in [0.15, 0.2) is 60.7 Å². The van der Waals surface area contributed by atoms with E-state index in [1.54, 1.807) is 37.5 Å². The third kappa shape index (κ3) is 3.99. The Morgan fingerprint density at radius 1 is 1.09 bits per heavy atom. The molecule has 0 saturated carbocycles. The summed E-state index contributed by atoms with van der Waals surface area (Å²) in [5, 5.41) is 19.5. The minimum atomic E-state index is -0.378. The number of aliphatic hydroxyl groups is 1. The van der Waals surface area contributed by atoms with Crippen LogP contribution in [0.1, 0.15) is 11.1 Å². The van der Waals surface area contributed by atoms with E-state index < -0.39 is 0 Å². The molecule has 0 saturated heterocycles. The first-order valence-electron chi connectivity index (χ1n) is 6.65. The molecule has 112 valence electrons. The summed E-state index contributed by atoms with van der Waals surface area (Å²) in [6.07, 6.45) is 4.05. The van der Waals surface area contributed by atoms with Crippen molar-refractivity contribution in [1.29, 1.82) is 0 Å². The largest absolute Gasteiger partial charge is 0.507 e. The summed E-state index contributed by atoms with van der Waals surface area (Å²) in [5.74, 6) is 0.00260. The van der Waals surface area contributed by atoms with Gasteiger partial charge >= 0.3 is 0 Å². The second-order valence-electron chi connectivity index (χ2n) is 4.56. The number of ether oxygens (including phenoxy) is 1. The van der Waals surface area contributed by atoms with Crippen LogP contribution in [0.2, 0.25) is 0 Å². The molecule has 0 amide bonds. The Bertz CT molecular complexity index is 712. The molecule has 0 heterocycles. The van der Waals surface area contributed by atoms with Crippen molar-refractivity contribution in [3.8, 4) is 11.5 Å². The highest BCUT2D eigenvalue weighted by molar-refractivity contribution is 6.05. The molecular formula is C18H16O4. The minimum Gasteiger partial charge on any atom is -0.507 e. The molecule has 0 aliphatic rings. The number of carbonyl (C=O) groups excluding carboxylic acids is 1. The van der Waals surface area contributed by atoms with Crippen molar-refractivity contribution in [1.82, 2.24) is 0 Å². The van der Waals surface area contributed by atoms with Crippen molar-refractivity contribution in [3.05, 3.63) is 71.8 Å². The number of ketones is 1. The lowest BCUT2D eigenvalue weighted by molar-refractivity contribution is -0.110. The summed E-state index contributed by atoms with van der Waals surface area (Å²) < 4.78 is 5.05. The van der Waals surface area contributed by atoms with Crippen LogP contribution in [0.25, 0.3) is 11.8 Å². The first-order chi connectivity index (χ1) is 10.6. The number of aliphatic hydroxyl groups excluding tert-OH is 1. The molecule has 2 aromatic carbocycles. The molecular weight excluding hydrogens is 280 g/mol. The first-order valence-corrected chi connectivity index (χ1v) is 6.65. The maximum Gasteiger partial charge on any atom is 0.182 e. The van der Waals surface area contributed by atoms with E-state index >= 15 is 0 Å². The summed E-state index contributed by atoms with van der Waals surface area (Å²) in [6.45, 7) is 0. The Kier molecular flexibility index (Phi) is 4.98. The van der Waals surface area contributed by atoms with Crippen molar-refractivity contribution >= 4 is 17.6 Å². The van der Waals surface area contributed by atoms with E-state index in [0.717, 1.165) is 17.4 Å². The van der Waals surface area contributed by atoms with Crippen LogP contribution in [0.5, 0.6) is 11.5 Å². The lowest BCUT2D eigenvalue weighted by Crippen LogP contribution is -1.91. The smallest absolute Gasteiger partial charge is 0.182 e. The molecule has 0 bridgehead atoms.